The van der Waals surface area contributed by atoms with E-state index >= 15 is 0 Å². The van der Waals surface area contributed by atoms with Crippen molar-refractivity contribution in [2.45, 2.75) is 18.4 Å². The maximum absolute atomic E-state index is 12.2. The Hall–Kier alpha value is -2.31. The number of nitrogens with one attached hydrogen (secondary N) is 2. The lowest BCUT2D eigenvalue weighted by Gasteiger charge is -2.06. The van der Waals surface area contributed by atoms with Crippen LogP contribution in [0.5, 0.6) is 0 Å². The van der Waals surface area contributed by atoms with E-state index in [-0.39, 0.29) is 12.5 Å². The summed E-state index contributed by atoms with van der Waals surface area (Å²) in [5, 5.41) is 11.8. The number of aromatic amines is 1. The number of carbonyl (C=O) groups excluding carboxylic acids is 1. The Labute approximate surface area is 144 Å². The standard InChI is InChI=1S/C18H19N3O2S/c1-12-20-16-7-2-13(10-17(16)21-12)11-19-18(23)14-3-5-15(6-4-14)24-9-8-22/h2-7,10,22H,8-9,11H2,1H3,(H,19,23)(H,20,21). The summed E-state index contributed by atoms with van der Waals surface area (Å²) in [4.78, 5) is 20.8. The van der Waals surface area contributed by atoms with Gasteiger partial charge in [-0.25, -0.2) is 4.98 Å². The zero-order valence-corrected chi connectivity index (χ0v) is 14.2. The summed E-state index contributed by atoms with van der Waals surface area (Å²) in [5.41, 5.74) is 3.56. The summed E-state index contributed by atoms with van der Waals surface area (Å²) in [6, 6.07) is 13.3. The van der Waals surface area contributed by atoms with Crippen molar-refractivity contribution in [3.8, 4) is 0 Å². The SMILES string of the molecule is Cc1nc2ccc(CNC(=O)c3ccc(SCCO)cc3)cc2[nH]1. The van der Waals surface area contributed by atoms with E-state index in [2.05, 4.69) is 15.3 Å². The second kappa shape index (κ2) is 7.51. The predicted molar refractivity (Wildman–Crippen MR) is 96.3 cm³/mol. The van der Waals surface area contributed by atoms with Crippen LogP contribution in [0.15, 0.2) is 47.4 Å². The first-order chi connectivity index (χ1) is 11.7. The number of fused-ring (bicyclic) bond motifs is 1. The highest BCUT2D eigenvalue weighted by molar-refractivity contribution is 7.99. The van der Waals surface area contributed by atoms with E-state index in [9.17, 15) is 4.79 Å². The second-order valence-electron chi connectivity index (χ2n) is 5.45. The minimum atomic E-state index is -0.102. The van der Waals surface area contributed by atoms with Gasteiger partial charge in [0.25, 0.3) is 5.91 Å². The Morgan fingerprint density at radius 1 is 1.25 bits per heavy atom. The average Bonchev–Trinajstić information content (AvgIpc) is 2.97. The maximum atomic E-state index is 12.2. The molecular formula is C18H19N3O2S. The second-order valence-corrected chi connectivity index (χ2v) is 6.62. The lowest BCUT2D eigenvalue weighted by molar-refractivity contribution is 0.0951. The highest BCUT2D eigenvalue weighted by atomic mass is 32.2. The van der Waals surface area contributed by atoms with Gasteiger partial charge in [0.15, 0.2) is 0 Å². The molecule has 0 bridgehead atoms. The number of hydrogen-bond acceptors (Lipinski definition) is 4. The number of carbonyl (C=O) groups is 1. The number of nitrogens with zero attached hydrogens (tertiary/aromatic N) is 1. The number of aliphatic hydroxyl groups excluding tert-OH is 1. The first-order valence-corrected chi connectivity index (χ1v) is 8.71. The van der Waals surface area contributed by atoms with Gasteiger partial charge in [-0.1, -0.05) is 6.07 Å². The van der Waals surface area contributed by atoms with Crippen molar-refractivity contribution in [3.05, 3.63) is 59.4 Å². The minimum Gasteiger partial charge on any atom is -0.396 e. The Morgan fingerprint density at radius 3 is 2.79 bits per heavy atom. The fourth-order valence-electron chi connectivity index (χ4n) is 2.44. The van der Waals surface area contributed by atoms with Crippen LogP contribution in [0.1, 0.15) is 21.7 Å². The molecule has 6 heteroatoms. The Bertz CT molecular complexity index is 843. The first-order valence-electron chi connectivity index (χ1n) is 7.73. The number of aryl methyl sites for hydroxylation is 1. The van der Waals surface area contributed by atoms with Crippen molar-refractivity contribution in [2.75, 3.05) is 12.4 Å². The van der Waals surface area contributed by atoms with Crippen molar-refractivity contribution in [2.24, 2.45) is 0 Å². The van der Waals surface area contributed by atoms with Gasteiger partial charge in [0, 0.05) is 22.8 Å². The number of aromatic nitrogens is 2. The zero-order valence-electron chi connectivity index (χ0n) is 13.4. The van der Waals surface area contributed by atoms with E-state index < -0.39 is 0 Å². The molecule has 0 aliphatic heterocycles. The topological polar surface area (TPSA) is 78.0 Å². The normalized spacial score (nSPS) is 10.9. The summed E-state index contributed by atoms with van der Waals surface area (Å²) in [7, 11) is 0. The van der Waals surface area contributed by atoms with Gasteiger partial charge in [-0.15, -0.1) is 11.8 Å². The van der Waals surface area contributed by atoms with Gasteiger partial charge in [-0.3, -0.25) is 4.79 Å². The number of aliphatic hydroxyl groups is 1. The Kier molecular flexibility index (Phi) is 5.17. The van der Waals surface area contributed by atoms with Crippen LogP contribution in [0.2, 0.25) is 0 Å². The summed E-state index contributed by atoms with van der Waals surface area (Å²) in [5.74, 6) is 1.43. The number of H-pyrrole nitrogens is 1. The predicted octanol–water partition coefficient (Wildman–Crippen LogP) is 2.89. The highest BCUT2D eigenvalue weighted by Gasteiger charge is 2.06. The average molecular weight is 341 g/mol. The van der Waals surface area contributed by atoms with E-state index in [0.717, 1.165) is 27.3 Å². The van der Waals surface area contributed by atoms with Crippen LogP contribution >= 0.6 is 11.8 Å². The Morgan fingerprint density at radius 2 is 2.04 bits per heavy atom. The molecule has 24 heavy (non-hydrogen) atoms. The molecule has 1 aromatic heterocycles. The summed E-state index contributed by atoms with van der Waals surface area (Å²) in [6.07, 6.45) is 0. The third-order valence-corrected chi connectivity index (χ3v) is 4.59. The molecule has 0 aliphatic carbocycles. The molecule has 0 unspecified atom stereocenters. The molecule has 0 atom stereocenters. The first kappa shape index (κ1) is 16.5. The molecule has 124 valence electrons. The van der Waals surface area contributed by atoms with E-state index in [4.69, 9.17) is 5.11 Å². The van der Waals surface area contributed by atoms with Gasteiger partial charge in [0.2, 0.25) is 0 Å². The summed E-state index contributed by atoms with van der Waals surface area (Å²) >= 11 is 1.56. The van der Waals surface area contributed by atoms with Gasteiger partial charge in [-0.2, -0.15) is 0 Å². The van der Waals surface area contributed by atoms with Crippen LogP contribution < -0.4 is 5.32 Å². The molecule has 0 fully saturated rings. The number of imidazole rings is 1. The quantitative estimate of drug-likeness (QED) is 0.603. The number of amides is 1. The molecular weight excluding hydrogens is 322 g/mol. The van der Waals surface area contributed by atoms with Crippen molar-refractivity contribution >= 4 is 28.7 Å². The number of thioether (sulfide) groups is 1. The summed E-state index contributed by atoms with van der Waals surface area (Å²) in [6.45, 7) is 2.53. The number of rotatable bonds is 6. The molecule has 1 amide bonds. The van der Waals surface area contributed by atoms with E-state index in [1.807, 2.05) is 37.3 Å². The van der Waals surface area contributed by atoms with Crippen LogP contribution in [0.25, 0.3) is 11.0 Å². The largest absolute Gasteiger partial charge is 0.396 e. The molecule has 0 radical (unpaired) electrons. The van der Waals surface area contributed by atoms with E-state index in [0.29, 0.717) is 17.9 Å². The zero-order chi connectivity index (χ0) is 16.9. The molecule has 3 N–H and O–H groups in total. The highest BCUT2D eigenvalue weighted by Crippen LogP contribution is 2.18. The maximum Gasteiger partial charge on any atom is 0.251 e. The van der Waals surface area contributed by atoms with Crippen LogP contribution in [0, 0.1) is 6.92 Å². The molecule has 0 saturated carbocycles. The van der Waals surface area contributed by atoms with Gasteiger partial charge < -0.3 is 15.4 Å². The molecule has 1 heterocycles. The third-order valence-electron chi connectivity index (χ3n) is 3.59. The molecule has 0 saturated heterocycles. The lowest BCUT2D eigenvalue weighted by Crippen LogP contribution is -2.22. The van der Waals surface area contributed by atoms with Gasteiger partial charge in [0.05, 0.1) is 17.6 Å². The molecule has 0 spiro atoms. The van der Waals surface area contributed by atoms with E-state index in [1.54, 1.807) is 23.9 Å². The molecule has 3 rings (SSSR count). The molecule has 5 nitrogen and oxygen atoms in total. The van der Waals surface area contributed by atoms with Gasteiger partial charge in [0.1, 0.15) is 5.82 Å². The Balaban J connectivity index is 1.61. The lowest BCUT2D eigenvalue weighted by atomic mass is 10.2. The minimum absolute atomic E-state index is 0.102. The van der Waals surface area contributed by atoms with Crippen LogP contribution in [0.4, 0.5) is 0 Å². The fraction of sp³-hybridized carbons (Fsp3) is 0.222. The van der Waals surface area contributed by atoms with E-state index in [1.165, 1.54) is 0 Å². The molecule has 3 aromatic rings. The smallest absolute Gasteiger partial charge is 0.251 e. The van der Waals surface area contributed by atoms with Crippen molar-refractivity contribution < 1.29 is 9.90 Å². The van der Waals surface area contributed by atoms with Gasteiger partial charge in [-0.05, 0) is 48.9 Å². The van der Waals surface area contributed by atoms with Crippen molar-refractivity contribution in [1.29, 1.82) is 0 Å². The molecule has 0 aliphatic rings. The van der Waals surface area contributed by atoms with Crippen LogP contribution in [-0.4, -0.2) is 33.3 Å². The van der Waals surface area contributed by atoms with Crippen LogP contribution in [-0.2, 0) is 6.54 Å². The molecule has 2 aromatic carbocycles. The van der Waals surface area contributed by atoms with Crippen molar-refractivity contribution in [1.82, 2.24) is 15.3 Å². The van der Waals surface area contributed by atoms with Gasteiger partial charge >= 0.3 is 0 Å². The summed E-state index contributed by atoms with van der Waals surface area (Å²) < 4.78 is 0. The third kappa shape index (κ3) is 3.96. The fourth-order valence-corrected chi connectivity index (χ4v) is 3.10. The number of benzene rings is 2. The monoisotopic (exact) mass is 341 g/mol. The van der Waals surface area contributed by atoms with Crippen molar-refractivity contribution in [3.63, 3.8) is 0 Å². The number of hydrogen-bond donors (Lipinski definition) is 3. The van der Waals surface area contributed by atoms with Crippen LogP contribution in [0.3, 0.4) is 0 Å².